The van der Waals surface area contributed by atoms with Crippen LogP contribution in [0.15, 0.2) is 0 Å². The van der Waals surface area contributed by atoms with Crippen molar-refractivity contribution in [2.75, 3.05) is 13.1 Å². The minimum absolute atomic E-state index is 0.231. The van der Waals surface area contributed by atoms with Crippen molar-refractivity contribution in [2.24, 2.45) is 17.8 Å². The minimum Gasteiger partial charge on any atom is -0.481 e. The number of carbonyl (C=O) groups is 2. The lowest BCUT2D eigenvalue weighted by Gasteiger charge is -2.26. The van der Waals surface area contributed by atoms with Gasteiger partial charge in [-0.05, 0) is 12.8 Å². The van der Waals surface area contributed by atoms with Crippen molar-refractivity contribution < 1.29 is 27.9 Å². The summed E-state index contributed by atoms with van der Waals surface area (Å²) in [5.41, 5.74) is 0. The SMILES string of the molecule is O=C(O)[C@@H]1CN(C(=O)C2CCCCC2)C[C@H]1C(F)(F)F. The van der Waals surface area contributed by atoms with Gasteiger partial charge in [-0.3, -0.25) is 9.59 Å². The van der Waals surface area contributed by atoms with E-state index in [2.05, 4.69) is 0 Å². The standard InChI is InChI=1S/C13H18F3NO3/c14-13(15,16)10-7-17(6-9(10)12(19)20)11(18)8-4-2-1-3-5-8/h8-10H,1-7H2,(H,19,20)/t9-,10-/m1/s1. The fourth-order valence-electron chi connectivity index (χ4n) is 3.17. The number of carbonyl (C=O) groups excluding carboxylic acids is 1. The molecule has 0 aromatic rings. The maximum atomic E-state index is 12.8. The molecule has 1 amide bonds. The third kappa shape index (κ3) is 3.07. The highest BCUT2D eigenvalue weighted by atomic mass is 19.4. The number of carboxylic acids is 1. The molecule has 2 aliphatic rings. The summed E-state index contributed by atoms with van der Waals surface area (Å²) >= 11 is 0. The van der Waals surface area contributed by atoms with Gasteiger partial charge in [0.1, 0.15) is 0 Å². The smallest absolute Gasteiger partial charge is 0.394 e. The molecular weight excluding hydrogens is 275 g/mol. The maximum absolute atomic E-state index is 12.8. The van der Waals surface area contributed by atoms with Crippen molar-refractivity contribution in [3.05, 3.63) is 0 Å². The zero-order valence-corrected chi connectivity index (χ0v) is 11.0. The molecule has 1 heterocycles. The first kappa shape index (κ1) is 15.1. The van der Waals surface area contributed by atoms with Gasteiger partial charge in [-0.25, -0.2) is 0 Å². The highest BCUT2D eigenvalue weighted by molar-refractivity contribution is 5.81. The summed E-state index contributed by atoms with van der Waals surface area (Å²) in [6, 6.07) is 0. The maximum Gasteiger partial charge on any atom is 0.394 e. The van der Waals surface area contributed by atoms with Gasteiger partial charge in [-0.2, -0.15) is 13.2 Å². The highest BCUT2D eigenvalue weighted by Crippen LogP contribution is 2.39. The van der Waals surface area contributed by atoms with E-state index in [4.69, 9.17) is 5.11 Å². The van der Waals surface area contributed by atoms with Crippen LogP contribution in [-0.4, -0.2) is 41.1 Å². The molecule has 0 spiro atoms. The zero-order chi connectivity index (χ0) is 14.9. The van der Waals surface area contributed by atoms with Crippen LogP contribution < -0.4 is 0 Å². The summed E-state index contributed by atoms with van der Waals surface area (Å²) in [6.45, 7) is -0.843. The van der Waals surface area contributed by atoms with E-state index in [9.17, 15) is 22.8 Å². The molecule has 2 atom stereocenters. The minimum atomic E-state index is -4.58. The first-order valence-corrected chi connectivity index (χ1v) is 6.89. The Hall–Kier alpha value is -1.27. The Bertz CT molecular complexity index is 391. The lowest BCUT2D eigenvalue weighted by Crippen LogP contribution is -2.36. The van der Waals surface area contributed by atoms with Crippen LogP contribution in [0.2, 0.25) is 0 Å². The summed E-state index contributed by atoms with van der Waals surface area (Å²) in [5, 5.41) is 8.92. The van der Waals surface area contributed by atoms with Gasteiger partial charge < -0.3 is 10.0 Å². The third-order valence-corrected chi connectivity index (χ3v) is 4.32. The van der Waals surface area contributed by atoms with Gasteiger partial charge >= 0.3 is 12.1 Å². The molecule has 114 valence electrons. The predicted molar refractivity (Wildman–Crippen MR) is 63.8 cm³/mol. The van der Waals surface area contributed by atoms with Crippen molar-refractivity contribution in [2.45, 2.75) is 38.3 Å². The van der Waals surface area contributed by atoms with Crippen LogP contribution in [0.25, 0.3) is 0 Å². The molecule has 0 radical (unpaired) electrons. The number of halogens is 3. The second-order valence-electron chi connectivity index (χ2n) is 5.67. The Labute approximate surface area is 114 Å². The van der Waals surface area contributed by atoms with E-state index in [1.54, 1.807) is 0 Å². The van der Waals surface area contributed by atoms with Crippen molar-refractivity contribution in [1.29, 1.82) is 0 Å². The van der Waals surface area contributed by atoms with E-state index in [1.165, 1.54) is 0 Å². The van der Waals surface area contributed by atoms with Crippen LogP contribution in [0.1, 0.15) is 32.1 Å². The molecule has 4 nitrogen and oxygen atoms in total. The fourth-order valence-corrected chi connectivity index (χ4v) is 3.17. The number of hydrogen-bond acceptors (Lipinski definition) is 2. The topological polar surface area (TPSA) is 57.6 Å². The third-order valence-electron chi connectivity index (χ3n) is 4.32. The summed E-state index contributed by atoms with van der Waals surface area (Å²) in [7, 11) is 0. The monoisotopic (exact) mass is 293 g/mol. The summed E-state index contributed by atoms with van der Waals surface area (Å²) in [5.74, 6) is -5.51. The molecule has 1 saturated carbocycles. The molecular formula is C13H18F3NO3. The largest absolute Gasteiger partial charge is 0.481 e. The van der Waals surface area contributed by atoms with Crippen LogP contribution in [0, 0.1) is 17.8 Å². The van der Waals surface area contributed by atoms with Crippen molar-refractivity contribution in [1.82, 2.24) is 4.90 Å². The van der Waals surface area contributed by atoms with E-state index in [-0.39, 0.29) is 18.4 Å². The predicted octanol–water partition coefficient (Wildman–Crippen LogP) is 2.29. The van der Waals surface area contributed by atoms with Gasteiger partial charge in [0.05, 0.1) is 11.8 Å². The molecule has 2 rings (SSSR count). The molecule has 0 aromatic carbocycles. The second kappa shape index (κ2) is 5.61. The number of amides is 1. The molecule has 0 unspecified atom stereocenters. The van der Waals surface area contributed by atoms with Gasteiger partial charge in [0.2, 0.25) is 5.91 Å². The molecule has 7 heteroatoms. The molecule has 1 aliphatic carbocycles. The Kier molecular flexibility index (Phi) is 4.25. The Morgan fingerprint density at radius 1 is 1.05 bits per heavy atom. The fraction of sp³-hybridized carbons (Fsp3) is 0.846. The van der Waals surface area contributed by atoms with Crippen molar-refractivity contribution in [3.8, 4) is 0 Å². The van der Waals surface area contributed by atoms with E-state index >= 15 is 0 Å². The normalized spacial score (nSPS) is 28.6. The van der Waals surface area contributed by atoms with E-state index in [0.29, 0.717) is 12.8 Å². The number of alkyl halides is 3. The zero-order valence-electron chi connectivity index (χ0n) is 11.0. The van der Waals surface area contributed by atoms with Crippen molar-refractivity contribution in [3.63, 3.8) is 0 Å². The number of rotatable bonds is 2. The first-order valence-electron chi connectivity index (χ1n) is 6.89. The van der Waals surface area contributed by atoms with Crippen molar-refractivity contribution >= 4 is 11.9 Å². The molecule has 2 fully saturated rings. The van der Waals surface area contributed by atoms with Gasteiger partial charge in [0.25, 0.3) is 0 Å². The molecule has 1 N–H and O–H groups in total. The van der Waals surface area contributed by atoms with Gasteiger partial charge in [-0.15, -0.1) is 0 Å². The van der Waals surface area contributed by atoms with Crippen LogP contribution in [0.5, 0.6) is 0 Å². The lowest BCUT2D eigenvalue weighted by molar-refractivity contribution is -0.188. The second-order valence-corrected chi connectivity index (χ2v) is 5.67. The number of hydrogen-bond donors (Lipinski definition) is 1. The number of aliphatic carboxylic acids is 1. The van der Waals surface area contributed by atoms with Gasteiger partial charge in [0, 0.05) is 19.0 Å². The van der Waals surface area contributed by atoms with E-state index < -0.39 is 30.5 Å². The molecule has 1 saturated heterocycles. The summed E-state index contributed by atoms with van der Waals surface area (Å²) in [4.78, 5) is 24.3. The number of carboxylic acid groups (broad SMARTS) is 1. The van der Waals surface area contributed by atoms with Gasteiger partial charge in [-0.1, -0.05) is 19.3 Å². The van der Waals surface area contributed by atoms with E-state index in [1.807, 2.05) is 0 Å². The van der Waals surface area contributed by atoms with Crippen LogP contribution in [-0.2, 0) is 9.59 Å². The Morgan fingerprint density at radius 3 is 2.10 bits per heavy atom. The first-order chi connectivity index (χ1) is 9.30. The lowest BCUT2D eigenvalue weighted by atomic mass is 9.88. The molecule has 20 heavy (non-hydrogen) atoms. The average molecular weight is 293 g/mol. The molecule has 1 aliphatic heterocycles. The molecule has 0 aromatic heterocycles. The van der Waals surface area contributed by atoms with Crippen LogP contribution >= 0.6 is 0 Å². The molecule has 0 bridgehead atoms. The quantitative estimate of drug-likeness (QED) is 0.850. The van der Waals surface area contributed by atoms with Crippen LogP contribution in [0.4, 0.5) is 13.2 Å². The number of nitrogens with zero attached hydrogens (tertiary/aromatic N) is 1. The Balaban J connectivity index is 2.07. The Morgan fingerprint density at radius 2 is 1.65 bits per heavy atom. The highest BCUT2D eigenvalue weighted by Gasteiger charge is 2.53. The summed E-state index contributed by atoms with van der Waals surface area (Å²) < 4.78 is 38.5. The van der Waals surface area contributed by atoms with Crippen LogP contribution in [0.3, 0.4) is 0 Å². The number of likely N-dealkylation sites (tertiary alicyclic amines) is 1. The average Bonchev–Trinajstić information content (AvgIpc) is 2.84. The van der Waals surface area contributed by atoms with E-state index in [0.717, 1.165) is 24.2 Å². The summed E-state index contributed by atoms with van der Waals surface area (Å²) in [6.07, 6.45) is -0.310. The van der Waals surface area contributed by atoms with Gasteiger partial charge in [0.15, 0.2) is 0 Å².